The number of hydrogen-bond acceptors (Lipinski definition) is 4. The van der Waals surface area contributed by atoms with Crippen molar-refractivity contribution in [2.24, 2.45) is 0 Å². The molecule has 0 aliphatic heterocycles. The maximum absolute atomic E-state index is 5.70. The zero-order valence-corrected chi connectivity index (χ0v) is 12.1. The molecule has 3 aromatic rings. The molecule has 0 radical (unpaired) electrons. The number of halogens is 1. The summed E-state index contributed by atoms with van der Waals surface area (Å²) in [4.78, 5) is 8.33. The Morgan fingerprint density at radius 3 is 2.68 bits per heavy atom. The van der Waals surface area contributed by atoms with E-state index in [0.29, 0.717) is 5.82 Å². The van der Waals surface area contributed by atoms with Gasteiger partial charge >= 0.3 is 0 Å². The van der Waals surface area contributed by atoms with Crippen molar-refractivity contribution in [1.29, 1.82) is 0 Å². The molecule has 6 heteroatoms. The summed E-state index contributed by atoms with van der Waals surface area (Å²) in [6.07, 6.45) is 0. The predicted molar refractivity (Wildman–Crippen MR) is 78.2 cm³/mol. The van der Waals surface area contributed by atoms with Gasteiger partial charge in [-0.2, -0.15) is 10.1 Å². The van der Waals surface area contributed by atoms with E-state index in [9.17, 15) is 0 Å². The van der Waals surface area contributed by atoms with Crippen LogP contribution in [-0.4, -0.2) is 19.7 Å². The van der Waals surface area contributed by atoms with Crippen molar-refractivity contribution in [1.82, 2.24) is 19.7 Å². The lowest BCUT2D eigenvalue weighted by Gasteiger charge is -2.04. The van der Waals surface area contributed by atoms with Crippen LogP contribution in [0.2, 0.25) is 0 Å². The van der Waals surface area contributed by atoms with Crippen molar-refractivity contribution in [2.75, 3.05) is 5.73 Å². The van der Waals surface area contributed by atoms with Gasteiger partial charge in [0.1, 0.15) is 0 Å². The third-order valence-corrected chi connectivity index (χ3v) is 3.40. The van der Waals surface area contributed by atoms with Crippen molar-refractivity contribution in [2.45, 2.75) is 13.8 Å². The number of rotatable bonds is 1. The van der Waals surface area contributed by atoms with Crippen molar-refractivity contribution in [3.63, 3.8) is 0 Å². The normalized spacial score (nSPS) is 11.1. The van der Waals surface area contributed by atoms with Crippen molar-refractivity contribution >= 4 is 32.8 Å². The number of nitrogens with zero attached hydrogens (tertiary/aromatic N) is 4. The molecule has 0 spiro atoms. The second-order valence-electron chi connectivity index (χ2n) is 4.38. The highest BCUT2D eigenvalue weighted by Crippen LogP contribution is 2.24. The molecule has 5 nitrogen and oxygen atoms in total. The number of aromatic nitrogens is 4. The molecular formula is C13H12BrN5. The highest BCUT2D eigenvalue weighted by Gasteiger charge is 2.11. The number of anilines is 1. The highest BCUT2D eigenvalue weighted by atomic mass is 79.9. The Morgan fingerprint density at radius 2 is 1.95 bits per heavy atom. The third kappa shape index (κ3) is 2.08. The van der Waals surface area contributed by atoms with Crippen LogP contribution in [0, 0.1) is 13.8 Å². The number of benzene rings is 1. The molecule has 0 bridgehead atoms. The Labute approximate surface area is 118 Å². The Morgan fingerprint density at radius 1 is 1.16 bits per heavy atom. The summed E-state index contributed by atoms with van der Waals surface area (Å²) in [5.74, 6) is 0.937. The van der Waals surface area contributed by atoms with Gasteiger partial charge in [-0.15, -0.1) is 0 Å². The number of nitrogens with two attached hydrogens (primary N) is 1. The van der Waals surface area contributed by atoms with Crippen LogP contribution >= 0.6 is 15.9 Å². The first-order valence-electron chi connectivity index (χ1n) is 5.81. The Bertz CT molecular complexity index is 758. The summed E-state index contributed by atoms with van der Waals surface area (Å²) in [5.41, 5.74) is 8.47. The molecule has 96 valence electrons. The summed E-state index contributed by atoms with van der Waals surface area (Å²) < 4.78 is 2.79. The Kier molecular flexibility index (Phi) is 2.74. The minimum Gasteiger partial charge on any atom is -0.368 e. The Balaban J connectivity index is 2.33. The summed E-state index contributed by atoms with van der Waals surface area (Å²) >= 11 is 3.48. The SMILES string of the molecule is Cc1cc(-n2nc(C)c3ccc(Br)cc32)nc(N)n1. The first-order valence-corrected chi connectivity index (χ1v) is 6.60. The van der Waals surface area contributed by atoms with Crippen LogP contribution in [0.1, 0.15) is 11.4 Å². The second kappa shape index (κ2) is 4.31. The molecule has 1 aromatic carbocycles. The molecule has 2 heterocycles. The van der Waals surface area contributed by atoms with Gasteiger partial charge in [-0.25, -0.2) is 9.67 Å². The topological polar surface area (TPSA) is 69.6 Å². The second-order valence-corrected chi connectivity index (χ2v) is 5.30. The Hall–Kier alpha value is -1.95. The molecule has 19 heavy (non-hydrogen) atoms. The van der Waals surface area contributed by atoms with E-state index in [4.69, 9.17) is 5.73 Å². The van der Waals surface area contributed by atoms with Crippen LogP contribution in [0.4, 0.5) is 5.95 Å². The van der Waals surface area contributed by atoms with E-state index in [-0.39, 0.29) is 5.95 Å². The van der Waals surface area contributed by atoms with Crippen molar-refractivity contribution < 1.29 is 0 Å². The number of nitrogen functional groups attached to an aromatic ring is 1. The number of fused-ring (bicyclic) bond motifs is 1. The summed E-state index contributed by atoms with van der Waals surface area (Å²) in [6, 6.07) is 7.92. The summed E-state index contributed by atoms with van der Waals surface area (Å²) in [7, 11) is 0. The molecule has 0 saturated heterocycles. The van der Waals surface area contributed by atoms with Gasteiger partial charge in [-0.1, -0.05) is 15.9 Å². The predicted octanol–water partition coefficient (Wildman–Crippen LogP) is 2.78. The quantitative estimate of drug-likeness (QED) is 0.749. The van der Waals surface area contributed by atoms with E-state index < -0.39 is 0 Å². The summed E-state index contributed by atoms with van der Waals surface area (Å²) in [6.45, 7) is 3.86. The molecular weight excluding hydrogens is 306 g/mol. The lowest BCUT2D eigenvalue weighted by atomic mass is 10.2. The van der Waals surface area contributed by atoms with Gasteiger partial charge in [0.25, 0.3) is 0 Å². The largest absolute Gasteiger partial charge is 0.368 e. The molecule has 0 aliphatic rings. The first-order chi connectivity index (χ1) is 9.04. The maximum Gasteiger partial charge on any atom is 0.222 e. The van der Waals surface area contributed by atoms with Crippen LogP contribution < -0.4 is 5.73 Å². The van der Waals surface area contributed by atoms with Gasteiger partial charge < -0.3 is 5.73 Å². The van der Waals surface area contributed by atoms with Crippen molar-refractivity contribution in [3.8, 4) is 5.82 Å². The average molecular weight is 318 g/mol. The fourth-order valence-electron chi connectivity index (χ4n) is 2.10. The molecule has 2 N–H and O–H groups in total. The van der Waals surface area contributed by atoms with E-state index >= 15 is 0 Å². The smallest absolute Gasteiger partial charge is 0.222 e. The van der Waals surface area contributed by atoms with Gasteiger partial charge in [-0.05, 0) is 32.0 Å². The standard InChI is InChI=1S/C13H12BrN5/c1-7-5-12(17-13(15)16-7)19-11-6-9(14)3-4-10(11)8(2)18-19/h3-6H,1-2H3,(H2,15,16,17). The molecule has 0 amide bonds. The van der Waals surface area contributed by atoms with E-state index in [2.05, 4.69) is 31.0 Å². The average Bonchev–Trinajstić information content (AvgIpc) is 2.65. The van der Waals surface area contributed by atoms with E-state index in [0.717, 1.165) is 26.8 Å². The monoisotopic (exact) mass is 317 g/mol. The van der Waals surface area contributed by atoms with Gasteiger partial charge in [0.2, 0.25) is 5.95 Å². The fraction of sp³-hybridized carbons (Fsp3) is 0.154. The third-order valence-electron chi connectivity index (χ3n) is 2.90. The molecule has 0 atom stereocenters. The zero-order chi connectivity index (χ0) is 13.6. The number of hydrogen-bond donors (Lipinski definition) is 1. The van der Waals surface area contributed by atoms with Crippen LogP contribution in [0.15, 0.2) is 28.7 Å². The maximum atomic E-state index is 5.70. The molecule has 0 saturated carbocycles. The molecule has 0 unspecified atom stereocenters. The molecule has 0 aliphatic carbocycles. The first kappa shape index (κ1) is 12.1. The van der Waals surface area contributed by atoms with Gasteiger partial charge in [-0.3, -0.25) is 0 Å². The fourth-order valence-corrected chi connectivity index (χ4v) is 2.45. The van der Waals surface area contributed by atoms with E-state index in [1.807, 2.05) is 38.1 Å². The van der Waals surface area contributed by atoms with E-state index in [1.165, 1.54) is 0 Å². The van der Waals surface area contributed by atoms with E-state index in [1.54, 1.807) is 4.68 Å². The van der Waals surface area contributed by atoms with Gasteiger partial charge in [0.05, 0.1) is 11.2 Å². The minimum absolute atomic E-state index is 0.256. The molecule has 0 fully saturated rings. The van der Waals surface area contributed by atoms with Crippen LogP contribution in [0.5, 0.6) is 0 Å². The van der Waals surface area contributed by atoms with Crippen LogP contribution in [0.3, 0.4) is 0 Å². The van der Waals surface area contributed by atoms with Crippen molar-refractivity contribution in [3.05, 3.63) is 40.1 Å². The summed E-state index contributed by atoms with van der Waals surface area (Å²) in [5, 5.41) is 5.63. The number of aryl methyl sites for hydroxylation is 2. The molecule has 2 aromatic heterocycles. The highest BCUT2D eigenvalue weighted by molar-refractivity contribution is 9.10. The lowest BCUT2D eigenvalue weighted by Crippen LogP contribution is -2.05. The molecule has 3 rings (SSSR count). The van der Waals surface area contributed by atoms with Gasteiger partial charge in [0, 0.05) is 21.6 Å². The lowest BCUT2D eigenvalue weighted by molar-refractivity contribution is 0.848. The van der Waals surface area contributed by atoms with Crippen LogP contribution in [0.25, 0.3) is 16.7 Å². The van der Waals surface area contributed by atoms with Gasteiger partial charge in [0.15, 0.2) is 5.82 Å². The minimum atomic E-state index is 0.256. The zero-order valence-electron chi connectivity index (χ0n) is 10.6. The van der Waals surface area contributed by atoms with Crippen LogP contribution in [-0.2, 0) is 0 Å².